The van der Waals surface area contributed by atoms with Crippen molar-refractivity contribution in [3.05, 3.63) is 66.3 Å². The van der Waals surface area contributed by atoms with E-state index in [4.69, 9.17) is 9.97 Å². The van der Waals surface area contributed by atoms with E-state index in [-0.39, 0.29) is 0 Å². The highest BCUT2D eigenvalue weighted by molar-refractivity contribution is 7.15. The van der Waals surface area contributed by atoms with E-state index in [9.17, 15) is 0 Å². The van der Waals surface area contributed by atoms with Gasteiger partial charge in [-0.2, -0.15) is 0 Å². The van der Waals surface area contributed by atoms with Gasteiger partial charge in [0.25, 0.3) is 0 Å². The number of aromatic amines is 1. The number of fused-ring (bicyclic) bond motifs is 2. The molecule has 0 spiro atoms. The van der Waals surface area contributed by atoms with Crippen molar-refractivity contribution in [3.63, 3.8) is 0 Å². The Kier molecular flexibility index (Phi) is 2.63. The Morgan fingerprint density at radius 1 is 0.957 bits per heavy atom. The summed E-state index contributed by atoms with van der Waals surface area (Å²) in [6.45, 7) is 0. The number of hydrogen-bond acceptors (Lipinski definition) is 3. The number of hydrogen-bond donors (Lipinski definition) is 1. The van der Waals surface area contributed by atoms with Crippen LogP contribution in [0.5, 0.6) is 0 Å². The van der Waals surface area contributed by atoms with Gasteiger partial charge >= 0.3 is 0 Å². The highest BCUT2D eigenvalue weighted by atomic mass is 32.1. The maximum absolute atomic E-state index is 4.72. The molecule has 23 heavy (non-hydrogen) atoms. The molecule has 0 saturated heterocycles. The van der Waals surface area contributed by atoms with Gasteiger partial charge < -0.3 is 4.98 Å². The Morgan fingerprint density at radius 2 is 1.87 bits per heavy atom. The summed E-state index contributed by atoms with van der Waals surface area (Å²) in [6, 6.07) is 16.3. The molecule has 0 atom stereocenters. The van der Waals surface area contributed by atoms with Gasteiger partial charge in [0, 0.05) is 28.9 Å². The molecule has 0 aliphatic carbocycles. The summed E-state index contributed by atoms with van der Waals surface area (Å²) < 4.78 is 2.05. The molecule has 0 aliphatic heterocycles. The molecule has 0 saturated carbocycles. The summed E-state index contributed by atoms with van der Waals surface area (Å²) in [6.07, 6.45) is 4.09. The fourth-order valence-electron chi connectivity index (χ4n) is 2.83. The first-order valence-electron chi connectivity index (χ1n) is 7.35. The molecule has 0 bridgehead atoms. The van der Waals surface area contributed by atoms with Crippen LogP contribution in [0.15, 0.2) is 66.3 Å². The summed E-state index contributed by atoms with van der Waals surface area (Å²) in [5.74, 6) is 0.883. The first kappa shape index (κ1) is 12.6. The monoisotopic (exact) mass is 316 g/mol. The smallest absolute Gasteiger partial charge is 0.194 e. The lowest BCUT2D eigenvalue weighted by Crippen LogP contribution is -1.81. The van der Waals surface area contributed by atoms with E-state index in [1.807, 2.05) is 46.3 Å². The van der Waals surface area contributed by atoms with Gasteiger partial charge in [0.05, 0.1) is 16.7 Å². The van der Waals surface area contributed by atoms with Gasteiger partial charge in [-0.05, 0) is 6.07 Å². The van der Waals surface area contributed by atoms with Crippen LogP contribution < -0.4 is 0 Å². The molecule has 5 heteroatoms. The topological polar surface area (TPSA) is 46.0 Å². The molecule has 5 rings (SSSR count). The third kappa shape index (κ3) is 1.98. The molecule has 4 nitrogen and oxygen atoms in total. The van der Waals surface area contributed by atoms with E-state index in [0.717, 1.165) is 38.6 Å². The van der Waals surface area contributed by atoms with Crippen LogP contribution in [0.2, 0.25) is 0 Å². The molecule has 110 valence electrons. The van der Waals surface area contributed by atoms with Crippen LogP contribution in [-0.2, 0) is 0 Å². The second-order valence-corrected chi connectivity index (χ2v) is 6.24. The SMILES string of the molecule is c1ccc(-c2nc3cccc(-c4cn5ccsc5n4)c3[nH]2)cc1. The number of nitrogens with one attached hydrogen (secondary N) is 1. The predicted octanol–water partition coefficient (Wildman–Crippen LogP) is 4.61. The average Bonchev–Trinajstić information content (AvgIpc) is 3.28. The third-order valence-electron chi connectivity index (χ3n) is 3.93. The van der Waals surface area contributed by atoms with Crippen LogP contribution in [0, 0.1) is 0 Å². The number of benzene rings is 2. The van der Waals surface area contributed by atoms with Crippen molar-refractivity contribution in [1.82, 2.24) is 19.4 Å². The normalized spacial score (nSPS) is 11.5. The Hall–Kier alpha value is -2.92. The zero-order valence-electron chi connectivity index (χ0n) is 12.1. The Balaban J connectivity index is 1.73. The van der Waals surface area contributed by atoms with Crippen LogP contribution in [0.4, 0.5) is 0 Å². The maximum Gasteiger partial charge on any atom is 0.194 e. The maximum atomic E-state index is 4.72. The first-order valence-corrected chi connectivity index (χ1v) is 8.23. The molecule has 3 heterocycles. The van der Waals surface area contributed by atoms with Gasteiger partial charge in [-0.15, -0.1) is 11.3 Å². The molecule has 0 unspecified atom stereocenters. The van der Waals surface area contributed by atoms with Crippen molar-refractivity contribution in [2.75, 3.05) is 0 Å². The molecule has 5 aromatic rings. The van der Waals surface area contributed by atoms with Crippen LogP contribution >= 0.6 is 11.3 Å². The summed E-state index contributed by atoms with van der Waals surface area (Å²) in [4.78, 5) is 13.9. The molecule has 0 amide bonds. The highest BCUT2D eigenvalue weighted by Gasteiger charge is 2.12. The van der Waals surface area contributed by atoms with E-state index < -0.39 is 0 Å². The lowest BCUT2D eigenvalue weighted by atomic mass is 10.1. The molecular formula is C18H12N4S. The van der Waals surface area contributed by atoms with E-state index in [1.54, 1.807) is 11.3 Å². The quantitative estimate of drug-likeness (QED) is 0.517. The van der Waals surface area contributed by atoms with Crippen molar-refractivity contribution in [3.8, 4) is 22.6 Å². The minimum atomic E-state index is 0.883. The van der Waals surface area contributed by atoms with E-state index >= 15 is 0 Å². The number of thiazole rings is 1. The average molecular weight is 316 g/mol. The number of aromatic nitrogens is 4. The lowest BCUT2D eigenvalue weighted by molar-refractivity contribution is 1.23. The summed E-state index contributed by atoms with van der Waals surface area (Å²) in [5, 5.41) is 2.04. The van der Waals surface area contributed by atoms with Crippen molar-refractivity contribution in [1.29, 1.82) is 0 Å². The highest BCUT2D eigenvalue weighted by Crippen LogP contribution is 2.29. The fraction of sp³-hybridized carbons (Fsp3) is 0. The van der Waals surface area contributed by atoms with Gasteiger partial charge in [-0.3, -0.25) is 4.40 Å². The Bertz CT molecular complexity index is 1090. The predicted molar refractivity (Wildman–Crippen MR) is 93.6 cm³/mol. The van der Waals surface area contributed by atoms with Gasteiger partial charge in [-0.1, -0.05) is 42.5 Å². The molecule has 1 N–H and O–H groups in total. The van der Waals surface area contributed by atoms with E-state index in [0.29, 0.717) is 0 Å². The van der Waals surface area contributed by atoms with Crippen molar-refractivity contribution >= 4 is 27.3 Å². The molecule has 0 radical (unpaired) electrons. The van der Waals surface area contributed by atoms with Gasteiger partial charge in [0.1, 0.15) is 5.82 Å². The zero-order chi connectivity index (χ0) is 15.2. The van der Waals surface area contributed by atoms with Crippen LogP contribution in [-0.4, -0.2) is 19.4 Å². The summed E-state index contributed by atoms with van der Waals surface area (Å²) >= 11 is 1.64. The fourth-order valence-corrected chi connectivity index (χ4v) is 3.53. The molecule has 0 aliphatic rings. The largest absolute Gasteiger partial charge is 0.337 e. The second-order valence-electron chi connectivity index (χ2n) is 5.37. The number of rotatable bonds is 2. The third-order valence-corrected chi connectivity index (χ3v) is 4.71. The Labute approximate surface area is 136 Å². The minimum Gasteiger partial charge on any atom is -0.337 e. The molecule has 2 aromatic carbocycles. The number of H-pyrrole nitrogens is 1. The zero-order valence-corrected chi connectivity index (χ0v) is 12.9. The molecule has 3 aromatic heterocycles. The summed E-state index contributed by atoms with van der Waals surface area (Å²) in [7, 11) is 0. The van der Waals surface area contributed by atoms with Crippen LogP contribution in [0.1, 0.15) is 0 Å². The number of para-hydroxylation sites is 1. The van der Waals surface area contributed by atoms with E-state index in [2.05, 4.69) is 29.4 Å². The summed E-state index contributed by atoms with van der Waals surface area (Å²) in [5.41, 5.74) is 5.11. The minimum absolute atomic E-state index is 0.883. The van der Waals surface area contributed by atoms with Crippen molar-refractivity contribution < 1.29 is 0 Å². The van der Waals surface area contributed by atoms with Crippen molar-refractivity contribution in [2.24, 2.45) is 0 Å². The second kappa shape index (κ2) is 4.79. The van der Waals surface area contributed by atoms with Gasteiger partial charge in [-0.25, -0.2) is 9.97 Å². The lowest BCUT2D eigenvalue weighted by Gasteiger charge is -1.98. The first-order chi connectivity index (χ1) is 11.4. The molecule has 0 fully saturated rings. The van der Waals surface area contributed by atoms with E-state index in [1.165, 1.54) is 0 Å². The van der Waals surface area contributed by atoms with Gasteiger partial charge in [0.2, 0.25) is 0 Å². The van der Waals surface area contributed by atoms with Crippen LogP contribution in [0.3, 0.4) is 0 Å². The molecular weight excluding hydrogens is 304 g/mol. The van der Waals surface area contributed by atoms with Crippen LogP contribution in [0.25, 0.3) is 38.6 Å². The standard InChI is InChI=1S/C18H12N4S/c1-2-5-12(6-3-1)17-19-14-8-4-7-13(16(14)21-17)15-11-22-9-10-23-18(22)20-15/h1-11H,(H,19,21). The van der Waals surface area contributed by atoms with Gasteiger partial charge in [0.15, 0.2) is 4.96 Å². The van der Waals surface area contributed by atoms with Crippen molar-refractivity contribution in [2.45, 2.75) is 0 Å². The number of imidazole rings is 2. The Morgan fingerprint density at radius 3 is 2.74 bits per heavy atom. The number of nitrogens with zero attached hydrogens (tertiary/aromatic N) is 3.